The third-order valence-electron chi connectivity index (χ3n) is 4.79. The van der Waals surface area contributed by atoms with E-state index in [0.29, 0.717) is 30.9 Å². The van der Waals surface area contributed by atoms with E-state index in [-0.39, 0.29) is 5.91 Å². The number of likely N-dealkylation sites (N-methyl/N-ethyl adjacent to an activating group) is 1. The highest BCUT2D eigenvalue weighted by atomic mass is 16.5. The van der Waals surface area contributed by atoms with Crippen LogP contribution in [0.5, 0.6) is 11.5 Å². The van der Waals surface area contributed by atoms with Gasteiger partial charge >= 0.3 is 0 Å². The maximum absolute atomic E-state index is 13.0. The number of piperidine rings is 1. The van der Waals surface area contributed by atoms with Crippen molar-refractivity contribution in [2.45, 2.75) is 31.9 Å². The largest absolute Gasteiger partial charge is 0.493 e. The van der Waals surface area contributed by atoms with Crippen LogP contribution in [0.2, 0.25) is 0 Å². The van der Waals surface area contributed by atoms with Gasteiger partial charge in [-0.15, -0.1) is 0 Å². The van der Waals surface area contributed by atoms with E-state index >= 15 is 0 Å². The van der Waals surface area contributed by atoms with E-state index in [2.05, 4.69) is 5.32 Å². The molecule has 0 unspecified atom stereocenters. The summed E-state index contributed by atoms with van der Waals surface area (Å²) in [6, 6.07) is 3.86. The Morgan fingerprint density at radius 2 is 1.75 bits per heavy atom. The van der Waals surface area contributed by atoms with Gasteiger partial charge in [-0.1, -0.05) is 0 Å². The van der Waals surface area contributed by atoms with Crippen molar-refractivity contribution in [3.05, 3.63) is 23.3 Å². The summed E-state index contributed by atoms with van der Waals surface area (Å²) in [5.41, 5.74) is 1.37. The summed E-state index contributed by atoms with van der Waals surface area (Å²) in [4.78, 5) is 14.7. The third kappa shape index (κ3) is 3.65. The molecule has 1 aliphatic heterocycles. The normalized spacial score (nSPS) is 16.5. The van der Waals surface area contributed by atoms with Crippen LogP contribution in [0.3, 0.4) is 0 Å². The number of carbonyl (C=O) groups excluding carboxylic acids is 1. The topological polar surface area (TPSA) is 60.0 Å². The molecule has 1 aromatic rings. The minimum Gasteiger partial charge on any atom is -0.493 e. The summed E-state index contributed by atoms with van der Waals surface area (Å²) in [5, 5.41) is 3.27. The van der Waals surface area contributed by atoms with Gasteiger partial charge in [0.1, 0.15) is 5.60 Å². The number of methoxy groups -OCH3 is 3. The van der Waals surface area contributed by atoms with Crippen LogP contribution >= 0.6 is 0 Å². The van der Waals surface area contributed by atoms with Crippen LogP contribution in [0.1, 0.15) is 24.0 Å². The second kappa shape index (κ2) is 7.85. The number of carbonyl (C=O) groups is 1. The second-order valence-electron chi connectivity index (χ2n) is 6.24. The molecule has 0 spiro atoms. The van der Waals surface area contributed by atoms with Crippen molar-refractivity contribution in [3.63, 3.8) is 0 Å². The monoisotopic (exact) mass is 336 g/mol. The number of benzene rings is 1. The fraction of sp³-hybridized carbons (Fsp3) is 0.611. The zero-order valence-electron chi connectivity index (χ0n) is 15.3. The molecule has 6 nitrogen and oxygen atoms in total. The van der Waals surface area contributed by atoms with Gasteiger partial charge in [-0.2, -0.15) is 0 Å². The van der Waals surface area contributed by atoms with Gasteiger partial charge < -0.3 is 24.4 Å². The average molecular weight is 336 g/mol. The molecule has 1 heterocycles. The number of amides is 1. The van der Waals surface area contributed by atoms with E-state index in [1.807, 2.05) is 26.1 Å². The van der Waals surface area contributed by atoms with Gasteiger partial charge in [-0.05, 0) is 56.1 Å². The molecule has 0 bridgehead atoms. The third-order valence-corrected chi connectivity index (χ3v) is 4.79. The predicted octanol–water partition coefficient (Wildman–Crippen LogP) is 1.74. The van der Waals surface area contributed by atoms with Crippen LogP contribution in [-0.2, 0) is 16.1 Å². The number of ether oxygens (including phenoxy) is 3. The number of hydrogen-bond acceptors (Lipinski definition) is 5. The average Bonchev–Trinajstić information content (AvgIpc) is 2.62. The first-order chi connectivity index (χ1) is 11.5. The van der Waals surface area contributed by atoms with E-state index in [4.69, 9.17) is 14.2 Å². The summed E-state index contributed by atoms with van der Waals surface area (Å²) in [5.74, 6) is 1.39. The molecule has 1 aromatic carbocycles. The second-order valence-corrected chi connectivity index (χ2v) is 6.24. The van der Waals surface area contributed by atoms with Gasteiger partial charge in [0.15, 0.2) is 11.5 Å². The van der Waals surface area contributed by atoms with Crippen molar-refractivity contribution in [2.24, 2.45) is 0 Å². The molecule has 2 rings (SSSR count). The zero-order valence-corrected chi connectivity index (χ0v) is 15.3. The molecule has 1 saturated heterocycles. The summed E-state index contributed by atoms with van der Waals surface area (Å²) in [7, 11) is 6.67. The lowest BCUT2D eigenvalue weighted by molar-refractivity contribution is -0.157. The smallest absolute Gasteiger partial charge is 0.254 e. The van der Waals surface area contributed by atoms with Crippen LogP contribution < -0.4 is 14.8 Å². The van der Waals surface area contributed by atoms with Crippen LogP contribution in [0.4, 0.5) is 0 Å². The van der Waals surface area contributed by atoms with Crippen molar-refractivity contribution >= 4 is 5.91 Å². The van der Waals surface area contributed by atoms with E-state index < -0.39 is 5.60 Å². The standard InChI is InChI=1S/C18H28N2O4/c1-13-10-15(22-3)16(23-4)11-14(13)12-20(2)17(21)18(24-5)6-8-19-9-7-18/h10-11,19H,6-9,12H2,1-5H3. The highest BCUT2D eigenvalue weighted by Crippen LogP contribution is 2.31. The van der Waals surface area contributed by atoms with Crippen LogP contribution in [-0.4, -0.2) is 57.9 Å². The number of nitrogens with one attached hydrogen (secondary N) is 1. The zero-order chi connectivity index (χ0) is 17.7. The number of aryl methyl sites for hydroxylation is 1. The fourth-order valence-electron chi connectivity index (χ4n) is 3.20. The van der Waals surface area contributed by atoms with Crippen molar-refractivity contribution in [3.8, 4) is 11.5 Å². The van der Waals surface area contributed by atoms with E-state index in [9.17, 15) is 4.79 Å². The fourth-order valence-corrected chi connectivity index (χ4v) is 3.20. The van der Waals surface area contributed by atoms with Gasteiger partial charge in [-0.3, -0.25) is 4.79 Å². The minimum atomic E-state index is -0.718. The highest BCUT2D eigenvalue weighted by Gasteiger charge is 2.41. The Labute approximate surface area is 144 Å². The Kier molecular flexibility index (Phi) is 6.07. The maximum Gasteiger partial charge on any atom is 0.254 e. The molecule has 0 atom stereocenters. The molecular weight excluding hydrogens is 308 g/mol. The van der Waals surface area contributed by atoms with Gasteiger partial charge in [0.2, 0.25) is 0 Å². The quantitative estimate of drug-likeness (QED) is 0.857. The SMILES string of the molecule is COc1cc(C)c(CN(C)C(=O)C2(OC)CCNCC2)cc1OC. The van der Waals surface area contributed by atoms with Gasteiger partial charge in [0.05, 0.1) is 14.2 Å². The highest BCUT2D eigenvalue weighted by molar-refractivity contribution is 5.85. The Bertz CT molecular complexity index is 583. The van der Waals surface area contributed by atoms with Crippen LogP contribution in [0, 0.1) is 6.92 Å². The lowest BCUT2D eigenvalue weighted by Gasteiger charge is -2.37. The first-order valence-corrected chi connectivity index (χ1v) is 8.20. The van der Waals surface area contributed by atoms with Crippen LogP contribution in [0.15, 0.2) is 12.1 Å². The predicted molar refractivity (Wildman–Crippen MR) is 92.6 cm³/mol. The van der Waals surface area contributed by atoms with E-state index in [1.54, 1.807) is 26.2 Å². The Balaban J connectivity index is 2.19. The van der Waals surface area contributed by atoms with E-state index in [1.165, 1.54) is 0 Å². The molecule has 6 heteroatoms. The van der Waals surface area contributed by atoms with Crippen molar-refractivity contribution in [1.29, 1.82) is 0 Å². The first kappa shape index (κ1) is 18.5. The Morgan fingerprint density at radius 1 is 1.17 bits per heavy atom. The van der Waals surface area contributed by atoms with Gasteiger partial charge in [0, 0.05) is 20.7 Å². The molecule has 24 heavy (non-hydrogen) atoms. The summed E-state index contributed by atoms with van der Waals surface area (Å²) in [6.45, 7) is 4.10. The molecule has 1 amide bonds. The molecule has 0 radical (unpaired) electrons. The number of nitrogens with zero attached hydrogens (tertiary/aromatic N) is 1. The van der Waals surface area contributed by atoms with Gasteiger partial charge in [0.25, 0.3) is 5.91 Å². The summed E-state index contributed by atoms with van der Waals surface area (Å²) >= 11 is 0. The molecule has 134 valence electrons. The lowest BCUT2D eigenvalue weighted by atomic mass is 9.90. The molecule has 0 aromatic heterocycles. The molecule has 1 aliphatic rings. The minimum absolute atomic E-state index is 0.0284. The summed E-state index contributed by atoms with van der Waals surface area (Å²) < 4.78 is 16.3. The number of rotatable bonds is 6. The molecule has 1 fully saturated rings. The Hall–Kier alpha value is -1.79. The van der Waals surface area contributed by atoms with Gasteiger partial charge in [-0.25, -0.2) is 0 Å². The first-order valence-electron chi connectivity index (χ1n) is 8.20. The molecule has 1 N–H and O–H groups in total. The molecule has 0 aliphatic carbocycles. The Morgan fingerprint density at radius 3 is 2.29 bits per heavy atom. The van der Waals surface area contributed by atoms with Crippen molar-refractivity contribution in [1.82, 2.24) is 10.2 Å². The number of hydrogen-bond donors (Lipinski definition) is 1. The lowest BCUT2D eigenvalue weighted by Crippen LogP contribution is -2.54. The summed E-state index contributed by atoms with van der Waals surface area (Å²) in [6.07, 6.45) is 1.38. The maximum atomic E-state index is 13.0. The molecular formula is C18H28N2O4. The van der Waals surface area contributed by atoms with Crippen LogP contribution in [0.25, 0.3) is 0 Å². The molecule has 0 saturated carbocycles. The van der Waals surface area contributed by atoms with E-state index in [0.717, 1.165) is 24.2 Å². The van der Waals surface area contributed by atoms with Crippen molar-refractivity contribution < 1.29 is 19.0 Å². The van der Waals surface area contributed by atoms with Crippen molar-refractivity contribution in [2.75, 3.05) is 41.5 Å².